The van der Waals surface area contributed by atoms with Crippen LogP contribution in [-0.2, 0) is 0 Å². The van der Waals surface area contributed by atoms with Crippen LogP contribution in [0.1, 0.15) is 53.9 Å². The minimum Gasteiger partial charge on any atom is -0.0998 e. The second kappa shape index (κ2) is 4.08. The van der Waals surface area contributed by atoms with E-state index in [4.69, 9.17) is 0 Å². The van der Waals surface area contributed by atoms with E-state index in [1.807, 2.05) is 0 Å². The summed E-state index contributed by atoms with van der Waals surface area (Å²) in [7, 11) is 0. The molecule has 0 aliphatic heterocycles. The highest BCUT2D eigenvalue weighted by Crippen LogP contribution is 2.45. The standard InChI is InChI=1S/C14H26/c1-10(2)12-9-11(3)7-8-13(12)14(4,5)6/h11-13H,1,7-9H2,2-6H3. The van der Waals surface area contributed by atoms with Gasteiger partial charge < -0.3 is 0 Å². The van der Waals surface area contributed by atoms with Gasteiger partial charge in [-0.2, -0.15) is 0 Å². The van der Waals surface area contributed by atoms with E-state index >= 15 is 0 Å². The average molecular weight is 194 g/mol. The maximum absolute atomic E-state index is 4.18. The first-order valence-corrected chi connectivity index (χ1v) is 5.97. The predicted octanol–water partition coefficient (Wildman–Crippen LogP) is 4.66. The molecule has 0 aromatic carbocycles. The van der Waals surface area contributed by atoms with Gasteiger partial charge in [0.1, 0.15) is 0 Å². The molecule has 0 aromatic heterocycles. The lowest BCUT2D eigenvalue weighted by molar-refractivity contribution is 0.105. The summed E-state index contributed by atoms with van der Waals surface area (Å²) < 4.78 is 0. The summed E-state index contributed by atoms with van der Waals surface area (Å²) in [5.41, 5.74) is 1.85. The summed E-state index contributed by atoms with van der Waals surface area (Å²) in [5.74, 6) is 2.50. The lowest BCUT2D eigenvalue weighted by Crippen LogP contribution is -2.33. The molecule has 0 radical (unpaired) electrons. The van der Waals surface area contributed by atoms with Crippen molar-refractivity contribution in [1.82, 2.24) is 0 Å². The van der Waals surface area contributed by atoms with E-state index in [0.717, 1.165) is 17.8 Å². The Kier molecular flexibility index (Phi) is 3.44. The van der Waals surface area contributed by atoms with Crippen molar-refractivity contribution in [1.29, 1.82) is 0 Å². The average Bonchev–Trinajstić information content (AvgIpc) is 2.01. The third-order valence-electron chi connectivity index (χ3n) is 3.86. The predicted molar refractivity (Wildman–Crippen MR) is 64.3 cm³/mol. The van der Waals surface area contributed by atoms with Crippen molar-refractivity contribution in [2.45, 2.75) is 53.9 Å². The van der Waals surface area contributed by atoms with E-state index in [9.17, 15) is 0 Å². The first-order chi connectivity index (χ1) is 6.32. The molecule has 1 rings (SSSR count). The highest BCUT2D eigenvalue weighted by molar-refractivity contribution is 5.03. The molecule has 0 amide bonds. The van der Waals surface area contributed by atoms with Crippen molar-refractivity contribution in [3.63, 3.8) is 0 Å². The van der Waals surface area contributed by atoms with Crippen molar-refractivity contribution in [3.05, 3.63) is 12.2 Å². The number of hydrogen-bond acceptors (Lipinski definition) is 0. The second-order valence-corrected chi connectivity index (χ2v) is 6.34. The van der Waals surface area contributed by atoms with Gasteiger partial charge in [-0.25, -0.2) is 0 Å². The molecule has 82 valence electrons. The van der Waals surface area contributed by atoms with Gasteiger partial charge in [-0.15, -0.1) is 0 Å². The van der Waals surface area contributed by atoms with E-state index in [1.54, 1.807) is 0 Å². The Morgan fingerprint density at radius 1 is 1.21 bits per heavy atom. The van der Waals surface area contributed by atoms with Crippen LogP contribution in [0.2, 0.25) is 0 Å². The van der Waals surface area contributed by atoms with Gasteiger partial charge in [0.25, 0.3) is 0 Å². The van der Waals surface area contributed by atoms with Crippen molar-refractivity contribution in [2.24, 2.45) is 23.2 Å². The zero-order valence-electron chi connectivity index (χ0n) is 10.6. The third-order valence-corrected chi connectivity index (χ3v) is 3.86. The van der Waals surface area contributed by atoms with Gasteiger partial charge in [0, 0.05) is 0 Å². The maximum atomic E-state index is 4.18. The molecule has 0 nitrogen and oxygen atoms in total. The summed E-state index contributed by atoms with van der Waals surface area (Å²) >= 11 is 0. The quantitative estimate of drug-likeness (QED) is 0.532. The van der Waals surface area contributed by atoms with Crippen molar-refractivity contribution in [3.8, 4) is 0 Å². The second-order valence-electron chi connectivity index (χ2n) is 6.34. The van der Waals surface area contributed by atoms with Crippen LogP contribution in [-0.4, -0.2) is 0 Å². The highest BCUT2D eigenvalue weighted by atomic mass is 14.4. The topological polar surface area (TPSA) is 0 Å². The Balaban J connectivity index is 2.78. The van der Waals surface area contributed by atoms with Gasteiger partial charge in [-0.05, 0) is 42.9 Å². The zero-order chi connectivity index (χ0) is 10.9. The fraction of sp³-hybridized carbons (Fsp3) is 0.857. The number of rotatable bonds is 1. The smallest absolute Gasteiger partial charge is 0.0173 e. The van der Waals surface area contributed by atoms with E-state index in [2.05, 4.69) is 41.2 Å². The van der Waals surface area contributed by atoms with Crippen LogP contribution >= 0.6 is 0 Å². The Bertz CT molecular complexity index is 207. The minimum absolute atomic E-state index is 0.448. The van der Waals surface area contributed by atoms with Gasteiger partial charge in [-0.3, -0.25) is 0 Å². The van der Waals surface area contributed by atoms with E-state index < -0.39 is 0 Å². The Labute approximate surface area is 89.8 Å². The van der Waals surface area contributed by atoms with Gasteiger partial charge in [0.2, 0.25) is 0 Å². The van der Waals surface area contributed by atoms with Crippen LogP contribution in [0, 0.1) is 23.2 Å². The third kappa shape index (κ3) is 2.62. The summed E-state index contributed by atoms with van der Waals surface area (Å²) in [6.45, 7) is 15.9. The van der Waals surface area contributed by atoms with Gasteiger partial charge in [0.05, 0.1) is 0 Å². The van der Waals surface area contributed by atoms with Crippen LogP contribution in [0.3, 0.4) is 0 Å². The molecule has 0 spiro atoms. The first-order valence-electron chi connectivity index (χ1n) is 5.97. The lowest BCUT2D eigenvalue weighted by atomic mass is 9.62. The molecule has 0 heteroatoms. The monoisotopic (exact) mass is 194 g/mol. The molecular weight excluding hydrogens is 168 g/mol. The molecule has 3 atom stereocenters. The van der Waals surface area contributed by atoms with Crippen molar-refractivity contribution < 1.29 is 0 Å². The van der Waals surface area contributed by atoms with E-state index in [1.165, 1.54) is 24.8 Å². The van der Waals surface area contributed by atoms with Crippen LogP contribution in [0.15, 0.2) is 12.2 Å². The molecule has 1 aliphatic rings. The summed E-state index contributed by atoms with van der Waals surface area (Å²) in [4.78, 5) is 0. The molecular formula is C14H26. The molecule has 0 bridgehead atoms. The van der Waals surface area contributed by atoms with Gasteiger partial charge >= 0.3 is 0 Å². The highest BCUT2D eigenvalue weighted by Gasteiger charge is 2.36. The van der Waals surface area contributed by atoms with Gasteiger partial charge in [-0.1, -0.05) is 46.3 Å². The molecule has 0 saturated heterocycles. The maximum Gasteiger partial charge on any atom is -0.0173 e. The normalized spacial score (nSPS) is 34.2. The molecule has 1 fully saturated rings. The fourth-order valence-corrected chi connectivity index (χ4v) is 2.96. The number of hydrogen-bond donors (Lipinski definition) is 0. The summed E-state index contributed by atoms with van der Waals surface area (Å²) in [5, 5.41) is 0. The first kappa shape index (κ1) is 11.8. The SMILES string of the molecule is C=C(C)C1CC(C)CCC1C(C)(C)C. The Morgan fingerprint density at radius 2 is 1.79 bits per heavy atom. The lowest BCUT2D eigenvalue weighted by Gasteiger charge is -2.43. The Morgan fingerprint density at radius 3 is 2.21 bits per heavy atom. The van der Waals surface area contributed by atoms with Crippen LogP contribution < -0.4 is 0 Å². The van der Waals surface area contributed by atoms with E-state index in [0.29, 0.717) is 5.41 Å². The summed E-state index contributed by atoms with van der Waals surface area (Å²) in [6, 6.07) is 0. The molecule has 1 aliphatic carbocycles. The van der Waals surface area contributed by atoms with Crippen LogP contribution in [0.4, 0.5) is 0 Å². The van der Waals surface area contributed by atoms with Crippen LogP contribution in [0.25, 0.3) is 0 Å². The molecule has 0 aromatic rings. The van der Waals surface area contributed by atoms with E-state index in [-0.39, 0.29) is 0 Å². The fourth-order valence-electron chi connectivity index (χ4n) is 2.96. The van der Waals surface area contributed by atoms with Crippen LogP contribution in [0.5, 0.6) is 0 Å². The van der Waals surface area contributed by atoms with Crippen molar-refractivity contribution in [2.75, 3.05) is 0 Å². The molecule has 3 unspecified atom stereocenters. The number of allylic oxidation sites excluding steroid dienone is 1. The van der Waals surface area contributed by atoms with Gasteiger partial charge in [0.15, 0.2) is 0 Å². The molecule has 1 saturated carbocycles. The van der Waals surface area contributed by atoms with Crippen molar-refractivity contribution >= 4 is 0 Å². The molecule has 14 heavy (non-hydrogen) atoms. The molecule has 0 N–H and O–H groups in total. The Hall–Kier alpha value is -0.260. The minimum atomic E-state index is 0.448. The molecule has 0 heterocycles. The zero-order valence-corrected chi connectivity index (χ0v) is 10.6. The summed E-state index contributed by atoms with van der Waals surface area (Å²) in [6.07, 6.45) is 4.16. The largest absolute Gasteiger partial charge is 0.0998 e.